The van der Waals surface area contributed by atoms with Crippen LogP contribution in [0.25, 0.3) is 93.6 Å². The number of aryl methyl sites for hydroxylation is 8. The zero-order valence-corrected chi connectivity index (χ0v) is 87.0. The molecule has 0 spiro atoms. The summed E-state index contributed by atoms with van der Waals surface area (Å²) in [6, 6.07) is 65.1. The predicted molar refractivity (Wildman–Crippen MR) is 583 cm³/mol. The topological polar surface area (TPSA) is 109 Å². The normalized spacial score (nSPS) is 16.1. The third-order valence-electron chi connectivity index (χ3n) is 29.7. The average molecular weight is 1920 g/mol. The third-order valence-corrected chi connectivity index (χ3v) is 36.6. The van der Waals surface area contributed by atoms with Gasteiger partial charge in [-0.3, -0.25) is 9.59 Å². The van der Waals surface area contributed by atoms with E-state index in [0.29, 0.717) is 76.0 Å². The summed E-state index contributed by atoms with van der Waals surface area (Å²) in [7, 11) is 0. The van der Waals surface area contributed by atoms with Gasteiger partial charge in [-0.1, -0.05) is 303 Å². The van der Waals surface area contributed by atoms with E-state index >= 15 is 9.59 Å². The summed E-state index contributed by atoms with van der Waals surface area (Å²) in [6.07, 6.45) is 35.2. The first-order valence-electron chi connectivity index (χ1n) is 50.9. The van der Waals surface area contributed by atoms with Crippen LogP contribution in [-0.2, 0) is 42.9 Å². The number of benzene rings is 7. The fraction of sp³-hybridized carbons (Fsp3) is 0.382. The molecule has 0 saturated heterocycles. The second-order valence-corrected chi connectivity index (χ2v) is 45.2. The maximum Gasteiger partial charge on any atom is 0.270 e. The van der Waals surface area contributed by atoms with Gasteiger partial charge in [-0.2, -0.15) is 0 Å². The highest BCUT2D eigenvalue weighted by atomic mass is 32.1. The molecule has 0 amide bonds. The minimum Gasteiger partial charge on any atom is -0.484 e. The third kappa shape index (κ3) is 19.0. The molecule has 0 saturated carbocycles. The van der Waals surface area contributed by atoms with E-state index in [1.54, 1.807) is 45.3 Å². The number of ketones is 2. The second-order valence-electron chi connectivity index (χ2n) is 38.9. The maximum atomic E-state index is 15.7. The molecule has 13 aromatic rings. The van der Waals surface area contributed by atoms with Crippen LogP contribution in [0.2, 0.25) is 0 Å². The Morgan fingerprint density at radius 3 is 1.20 bits per heavy atom. The summed E-state index contributed by atoms with van der Waals surface area (Å²) in [4.78, 5) is 47.8. The van der Waals surface area contributed by atoms with Crippen molar-refractivity contribution in [1.29, 1.82) is 10.5 Å². The first-order valence-corrected chi connectivity index (χ1v) is 55.8. The van der Waals surface area contributed by atoms with Crippen LogP contribution in [0.3, 0.4) is 0 Å². The van der Waals surface area contributed by atoms with E-state index in [1.165, 1.54) is 109 Å². The average Bonchev–Trinajstić information content (AvgIpc) is 1.46. The zero-order chi connectivity index (χ0) is 95.8. The highest BCUT2D eigenvalue weighted by Crippen LogP contribution is 2.71. The van der Waals surface area contributed by atoms with Gasteiger partial charge >= 0.3 is 0 Å². The lowest BCUT2D eigenvalue weighted by Gasteiger charge is -2.35. The lowest BCUT2D eigenvalue weighted by atomic mass is 9.66. The van der Waals surface area contributed by atoms with E-state index in [1.807, 2.05) is 86.8 Å². The Kier molecular flexibility index (Phi) is 31.2. The number of thiophene rings is 6. The smallest absolute Gasteiger partial charge is 0.270 e. The molecule has 4 aliphatic rings. The van der Waals surface area contributed by atoms with Crippen molar-refractivity contribution in [3.05, 3.63) is 324 Å². The molecule has 7 aromatic carbocycles. The van der Waals surface area contributed by atoms with E-state index in [2.05, 4.69) is 211 Å². The Balaban J connectivity index is 1.06. The number of nitriles is 2. The fourth-order valence-electron chi connectivity index (χ4n) is 22.0. The molecule has 6 heterocycles. The Morgan fingerprint density at radius 2 is 0.781 bits per heavy atom. The minimum absolute atomic E-state index is 0.0977. The first-order chi connectivity index (χ1) is 66.9. The van der Waals surface area contributed by atoms with E-state index < -0.39 is 10.8 Å². The standard InChI is InChI=1S/C123H128N4O4S6/c1-15-23-29-33-43-82-47-37-51-86(63-82)71-122(87-52-38-48-83(64-87)44-34-30-24-16-2)98-69-90(67-96-106(100(72-124)126-13)92-59-76(9)78(11)61-94(92)114(96)128)132-116(98)120-112(122)110-108(102-55-57-104(134-102)130-74-80(21-7)41-27-19-5)119-111(109(118(110)136-120)103-56-58-105(135-103)131-75-81(22-8)42-28-20-6)113-121(137-119)117-99(70-91(133-117)68-97-107(101(73-125)127-14)93-60-77(10)79(12)62-95(93)115(97)129)123(113,88-53-39-49-84(65-88)45-35-31-25-17-3)89-54-40-50-85(66-89)46-36-32-26-18-4/h37-40,47-70,80-81H,15-36,41-46,71,74-75H2,1-12H3/b96-67-,97-68-,106-100+,107-101-. The number of hydrogen-bond donors (Lipinski definition) is 0. The Bertz CT molecular complexity index is 6990. The Morgan fingerprint density at radius 1 is 0.401 bits per heavy atom. The molecule has 8 nitrogen and oxygen atoms in total. The molecule has 0 N–H and O–H groups in total. The van der Waals surface area contributed by atoms with E-state index in [-0.39, 0.29) is 23.0 Å². The van der Waals surface area contributed by atoms with Crippen molar-refractivity contribution >= 4 is 123 Å². The number of rotatable bonds is 43. The molecule has 137 heavy (non-hydrogen) atoms. The molecule has 0 bridgehead atoms. The van der Waals surface area contributed by atoms with Crippen molar-refractivity contribution in [2.45, 2.75) is 280 Å². The molecular weight excluding hydrogens is 1790 g/mol. The van der Waals surface area contributed by atoms with Gasteiger partial charge in [-0.25, -0.2) is 20.2 Å². The second kappa shape index (κ2) is 43.7. The maximum absolute atomic E-state index is 15.7. The van der Waals surface area contributed by atoms with Gasteiger partial charge < -0.3 is 9.47 Å². The highest BCUT2D eigenvalue weighted by Gasteiger charge is 2.55. The molecule has 4 aliphatic carbocycles. The molecule has 0 aliphatic heterocycles. The van der Waals surface area contributed by atoms with Crippen LogP contribution in [0.1, 0.15) is 340 Å². The molecule has 700 valence electrons. The number of Topliss-reactive ketones (excluding diaryl/α,β-unsaturated/α-hetero) is 2. The monoisotopic (exact) mass is 1920 g/mol. The summed E-state index contributed by atoms with van der Waals surface area (Å²) in [5.74, 6) is 0.396. The number of allylic oxidation sites excluding steroid dienone is 6. The van der Waals surface area contributed by atoms with Crippen molar-refractivity contribution in [2.75, 3.05) is 13.2 Å². The summed E-state index contributed by atoms with van der Waals surface area (Å²) < 4.78 is 16.9. The summed E-state index contributed by atoms with van der Waals surface area (Å²) in [5, 5.41) is 26.2. The number of unbranched alkanes of at least 4 members (excludes halogenated alkanes) is 14. The van der Waals surface area contributed by atoms with Crippen LogP contribution in [0, 0.1) is 75.3 Å². The molecule has 3 atom stereocenters. The molecule has 17 rings (SSSR count). The number of fused-ring (bicyclic) bond motifs is 12. The largest absolute Gasteiger partial charge is 0.484 e. The number of carbonyl (C=O) groups is 2. The predicted octanol–water partition coefficient (Wildman–Crippen LogP) is 36.4. The van der Waals surface area contributed by atoms with E-state index in [4.69, 9.17) is 22.6 Å². The zero-order valence-electron chi connectivity index (χ0n) is 82.1. The first kappa shape index (κ1) is 97.8. The lowest BCUT2D eigenvalue weighted by Crippen LogP contribution is -2.30. The molecule has 14 heteroatoms. The van der Waals surface area contributed by atoms with Crippen LogP contribution in [-0.4, -0.2) is 24.8 Å². The van der Waals surface area contributed by atoms with Gasteiger partial charge in [0.1, 0.15) is 0 Å². The molecule has 0 fully saturated rings. The van der Waals surface area contributed by atoms with E-state index in [0.717, 1.165) is 241 Å². The molecular formula is C123H128N4O4S6. The number of ether oxygens (including phenoxy) is 2. The lowest BCUT2D eigenvalue weighted by molar-refractivity contribution is 0.103. The van der Waals surface area contributed by atoms with E-state index in [9.17, 15) is 10.5 Å². The van der Waals surface area contributed by atoms with Crippen molar-refractivity contribution in [2.24, 2.45) is 11.8 Å². The number of carbonyl (C=O) groups excluding carboxylic acids is 2. The molecule has 0 radical (unpaired) electrons. The van der Waals surface area contributed by atoms with Crippen molar-refractivity contribution in [3.63, 3.8) is 0 Å². The van der Waals surface area contributed by atoms with Gasteiger partial charge in [0.2, 0.25) is 0 Å². The fourth-order valence-corrected chi connectivity index (χ4v) is 29.5. The number of nitrogens with zero attached hydrogens (tertiary/aromatic N) is 4. The summed E-state index contributed by atoms with van der Waals surface area (Å²) in [6.45, 7) is 44.9. The summed E-state index contributed by atoms with van der Waals surface area (Å²) in [5.41, 5.74) is 22.7. The van der Waals surface area contributed by atoms with Gasteiger partial charge in [0.25, 0.3) is 11.4 Å². The van der Waals surface area contributed by atoms with Gasteiger partial charge in [0.15, 0.2) is 21.7 Å². The quantitative estimate of drug-likeness (QED) is 0.0163. The van der Waals surface area contributed by atoms with Gasteiger partial charge in [-0.05, 0) is 271 Å². The Hall–Kier alpha value is -10.9. The van der Waals surface area contributed by atoms with Crippen LogP contribution >= 0.6 is 68.0 Å². The minimum atomic E-state index is -1.02. The Labute approximate surface area is 837 Å². The highest BCUT2D eigenvalue weighted by molar-refractivity contribution is 7.30. The van der Waals surface area contributed by atoms with Crippen LogP contribution in [0.4, 0.5) is 0 Å². The van der Waals surface area contributed by atoms with Gasteiger partial charge in [0.05, 0.1) is 64.0 Å². The number of hydrogen-bond acceptors (Lipinski definition) is 12. The SMILES string of the molecule is [C-]#[N+]/C(C#N)=C1\C(=C\c2cc3c(s2)-c2sc4c(-c5ccc(OCC(CC)CCCC)s5)c5c6c(sc5c(-c5ccc(OCC(CC)CCCC)s5)c4c2C3(c2cccc(CCCCCC)c2)c2cccc(CCCCCC)c2)-c2sc(/C=C3\C(=O)c4cc(C)c(C)cc4\C3=C(\C#N)[N+]#[C-])cc2C6(Cc2cccc(CCCCCC)c2)c2cccc(CCCCCC)c2)C(=O)c2cc(C)c(C)cc21. The van der Waals surface area contributed by atoms with Gasteiger partial charge in [0, 0.05) is 89.1 Å². The molecule has 6 aromatic heterocycles. The van der Waals surface area contributed by atoms with Crippen molar-refractivity contribution in [1.82, 2.24) is 0 Å². The van der Waals surface area contributed by atoms with Gasteiger partial charge in [-0.15, -0.1) is 45.3 Å². The van der Waals surface area contributed by atoms with Crippen LogP contribution in [0.15, 0.2) is 180 Å². The summed E-state index contributed by atoms with van der Waals surface area (Å²) >= 11 is 10.8. The van der Waals surface area contributed by atoms with Crippen molar-refractivity contribution in [3.8, 4) is 62.7 Å². The molecule has 3 unspecified atom stereocenters. The van der Waals surface area contributed by atoms with Crippen LogP contribution in [0.5, 0.6) is 10.1 Å². The van der Waals surface area contributed by atoms with Crippen LogP contribution < -0.4 is 9.47 Å². The van der Waals surface area contributed by atoms with Crippen molar-refractivity contribution < 1.29 is 19.1 Å².